The second kappa shape index (κ2) is 59.1. The van der Waals surface area contributed by atoms with Crippen molar-refractivity contribution in [2.75, 3.05) is 13.2 Å². The Labute approximate surface area is 428 Å². The Morgan fingerprint density at radius 2 is 0.623 bits per heavy atom. The summed E-state index contributed by atoms with van der Waals surface area (Å²) in [4.78, 5) is 24.5. The first-order valence-corrected chi connectivity index (χ1v) is 29.3. The van der Waals surface area contributed by atoms with Crippen molar-refractivity contribution in [2.24, 2.45) is 0 Å². The molecule has 0 spiro atoms. The molecule has 0 radical (unpaired) electrons. The molecule has 5 nitrogen and oxygen atoms in total. The Hall–Kier alpha value is -3.18. The predicted octanol–water partition coefficient (Wildman–Crippen LogP) is 19.9. The van der Waals surface area contributed by atoms with Crippen molar-refractivity contribution in [3.63, 3.8) is 0 Å². The summed E-state index contributed by atoms with van der Waals surface area (Å²) in [6.07, 6.45) is 83.9. The highest BCUT2D eigenvalue weighted by Crippen LogP contribution is 2.16. The molecule has 0 amide bonds. The van der Waals surface area contributed by atoms with E-state index in [0.29, 0.717) is 12.8 Å². The van der Waals surface area contributed by atoms with Gasteiger partial charge in [-0.2, -0.15) is 0 Å². The number of ether oxygens (including phenoxy) is 2. The first-order valence-electron chi connectivity index (χ1n) is 29.3. The third-order valence-electron chi connectivity index (χ3n) is 12.6. The smallest absolute Gasteiger partial charge is 0.306 e. The van der Waals surface area contributed by atoms with Crippen LogP contribution in [0.5, 0.6) is 0 Å². The molecule has 0 fully saturated rings. The van der Waals surface area contributed by atoms with Crippen LogP contribution in [0.25, 0.3) is 0 Å². The van der Waals surface area contributed by atoms with Crippen molar-refractivity contribution in [1.29, 1.82) is 0 Å². The molecule has 5 heteroatoms. The van der Waals surface area contributed by atoms with Gasteiger partial charge in [-0.1, -0.05) is 265 Å². The number of unbranched alkanes of at least 4 members (excludes halogenated alkanes) is 29. The Kier molecular flexibility index (Phi) is 56.4. The van der Waals surface area contributed by atoms with Gasteiger partial charge in [0.15, 0.2) is 6.10 Å². The third kappa shape index (κ3) is 57.3. The Bertz CT molecular complexity index is 1310. The number of aliphatic hydroxyl groups is 1. The minimum atomic E-state index is -0.779. The highest BCUT2D eigenvalue weighted by molar-refractivity contribution is 5.70. The van der Waals surface area contributed by atoms with Crippen LogP contribution in [0.3, 0.4) is 0 Å². The Morgan fingerprint density at radius 1 is 0.348 bits per heavy atom. The molecule has 0 saturated heterocycles. The molecule has 0 aliphatic heterocycles. The first-order chi connectivity index (χ1) is 34.1. The molecule has 1 N–H and O–H groups in total. The molecule has 0 aromatic heterocycles. The maximum atomic E-state index is 12.3. The van der Waals surface area contributed by atoms with Gasteiger partial charge in [-0.3, -0.25) is 9.59 Å². The second-order valence-corrected chi connectivity index (χ2v) is 19.3. The molecular formula is C64H110O5. The van der Waals surface area contributed by atoms with Crippen LogP contribution >= 0.6 is 0 Å². The highest BCUT2D eigenvalue weighted by atomic mass is 16.6. The lowest BCUT2D eigenvalue weighted by Crippen LogP contribution is -2.28. The van der Waals surface area contributed by atoms with Crippen molar-refractivity contribution in [3.8, 4) is 0 Å². The summed E-state index contributed by atoms with van der Waals surface area (Å²) in [6.45, 7) is 4.02. The number of hydrogen-bond donors (Lipinski definition) is 1. The molecule has 0 heterocycles. The van der Waals surface area contributed by atoms with Crippen LogP contribution in [-0.4, -0.2) is 36.4 Å². The van der Waals surface area contributed by atoms with E-state index in [9.17, 15) is 14.7 Å². The van der Waals surface area contributed by atoms with Crippen LogP contribution in [0.15, 0.2) is 97.2 Å². The minimum Gasteiger partial charge on any atom is -0.462 e. The van der Waals surface area contributed by atoms with E-state index < -0.39 is 6.10 Å². The SMILES string of the molecule is CC/C=C\C/C=C\C/C=C\C/C=C\C/C=C\C/C=C\CCCCCCCCCCCCCCCCCCCCC(=O)OC(CO)COC(=O)CCCCCCCCC/C=C\C/C=C\CCCCCC. The molecule has 69 heavy (non-hydrogen) atoms. The average Bonchev–Trinajstić information content (AvgIpc) is 3.35. The number of carbonyl (C=O) groups is 2. The molecule has 0 aliphatic rings. The van der Waals surface area contributed by atoms with Crippen molar-refractivity contribution < 1.29 is 24.2 Å². The summed E-state index contributed by atoms with van der Waals surface area (Å²) in [7, 11) is 0. The molecule has 0 aromatic carbocycles. The van der Waals surface area contributed by atoms with E-state index in [2.05, 4.69) is 111 Å². The maximum absolute atomic E-state index is 12.3. The average molecular weight is 960 g/mol. The van der Waals surface area contributed by atoms with E-state index in [0.717, 1.165) is 89.9 Å². The molecular weight excluding hydrogens is 849 g/mol. The summed E-state index contributed by atoms with van der Waals surface area (Å²) < 4.78 is 10.7. The van der Waals surface area contributed by atoms with Gasteiger partial charge in [0.2, 0.25) is 0 Å². The van der Waals surface area contributed by atoms with Gasteiger partial charge in [0.25, 0.3) is 0 Å². The zero-order chi connectivity index (χ0) is 49.9. The molecule has 0 bridgehead atoms. The quantitative estimate of drug-likeness (QED) is 0.0374. The monoisotopic (exact) mass is 959 g/mol. The lowest BCUT2D eigenvalue weighted by Gasteiger charge is -2.15. The van der Waals surface area contributed by atoms with Gasteiger partial charge in [-0.25, -0.2) is 0 Å². The van der Waals surface area contributed by atoms with Gasteiger partial charge in [-0.15, -0.1) is 0 Å². The van der Waals surface area contributed by atoms with Crippen LogP contribution in [0.2, 0.25) is 0 Å². The van der Waals surface area contributed by atoms with E-state index in [1.165, 1.54) is 161 Å². The van der Waals surface area contributed by atoms with E-state index in [-0.39, 0.29) is 25.2 Å². The fourth-order valence-corrected chi connectivity index (χ4v) is 8.24. The molecule has 1 atom stereocenters. The topological polar surface area (TPSA) is 72.8 Å². The summed E-state index contributed by atoms with van der Waals surface area (Å²) in [6, 6.07) is 0. The largest absolute Gasteiger partial charge is 0.462 e. The van der Waals surface area contributed by atoms with Crippen LogP contribution in [0, 0.1) is 0 Å². The van der Waals surface area contributed by atoms with E-state index in [4.69, 9.17) is 9.47 Å². The number of carbonyl (C=O) groups excluding carboxylic acids is 2. The van der Waals surface area contributed by atoms with Crippen molar-refractivity contribution in [2.45, 2.75) is 283 Å². The van der Waals surface area contributed by atoms with Crippen molar-refractivity contribution in [1.82, 2.24) is 0 Å². The van der Waals surface area contributed by atoms with Gasteiger partial charge < -0.3 is 14.6 Å². The second-order valence-electron chi connectivity index (χ2n) is 19.3. The van der Waals surface area contributed by atoms with Crippen LogP contribution in [0.4, 0.5) is 0 Å². The van der Waals surface area contributed by atoms with Gasteiger partial charge in [-0.05, 0) is 96.3 Å². The fourth-order valence-electron chi connectivity index (χ4n) is 8.24. The van der Waals surface area contributed by atoms with Gasteiger partial charge >= 0.3 is 11.9 Å². The Morgan fingerprint density at radius 3 is 0.942 bits per heavy atom. The highest BCUT2D eigenvalue weighted by Gasteiger charge is 2.16. The predicted molar refractivity (Wildman–Crippen MR) is 302 cm³/mol. The molecule has 0 saturated carbocycles. The van der Waals surface area contributed by atoms with Crippen LogP contribution in [0.1, 0.15) is 277 Å². The lowest BCUT2D eigenvalue weighted by atomic mass is 10.0. The first kappa shape index (κ1) is 65.8. The minimum absolute atomic E-state index is 0.0708. The zero-order valence-electron chi connectivity index (χ0n) is 45.3. The molecule has 0 rings (SSSR count). The normalized spacial score (nSPS) is 12.9. The van der Waals surface area contributed by atoms with Crippen LogP contribution < -0.4 is 0 Å². The molecule has 1 unspecified atom stereocenters. The van der Waals surface area contributed by atoms with Gasteiger partial charge in [0.05, 0.1) is 6.61 Å². The number of esters is 2. The van der Waals surface area contributed by atoms with E-state index in [1.807, 2.05) is 0 Å². The summed E-state index contributed by atoms with van der Waals surface area (Å²) in [5, 5.41) is 9.65. The van der Waals surface area contributed by atoms with Gasteiger partial charge in [0, 0.05) is 12.8 Å². The molecule has 396 valence electrons. The Balaban J connectivity index is 3.47. The zero-order valence-corrected chi connectivity index (χ0v) is 45.3. The van der Waals surface area contributed by atoms with Gasteiger partial charge in [0.1, 0.15) is 6.61 Å². The summed E-state index contributed by atoms with van der Waals surface area (Å²) in [5.41, 5.74) is 0. The van der Waals surface area contributed by atoms with Crippen LogP contribution in [-0.2, 0) is 19.1 Å². The maximum Gasteiger partial charge on any atom is 0.306 e. The van der Waals surface area contributed by atoms with Crippen molar-refractivity contribution >= 4 is 11.9 Å². The van der Waals surface area contributed by atoms with E-state index in [1.54, 1.807) is 0 Å². The number of allylic oxidation sites excluding steroid dienone is 16. The third-order valence-corrected chi connectivity index (χ3v) is 12.6. The standard InChI is InChI=1S/C64H110O5/c1-3-5-7-9-11-13-15-17-19-21-23-24-25-26-27-28-29-30-31-32-33-34-35-36-37-38-39-40-41-43-45-47-49-51-53-55-57-59-64(67)69-62(60-65)61-68-63(66)58-56-54-52-50-48-46-44-42-22-20-18-16-14-12-10-8-6-4-2/h5,7,11,13-14,16-17,19-20,22-24,26-27,29-30,62,65H,3-4,6,8-10,12,15,18,21,25,28,31-61H2,1-2H3/b7-5-,13-11-,16-14-,19-17-,22-20-,24-23-,27-26-,30-29-. The van der Waals surface area contributed by atoms with E-state index >= 15 is 0 Å². The number of rotatable bonds is 53. The lowest BCUT2D eigenvalue weighted by molar-refractivity contribution is -0.161. The summed E-state index contributed by atoms with van der Waals surface area (Å²) in [5.74, 6) is -0.594. The molecule has 0 aromatic rings. The van der Waals surface area contributed by atoms with Crippen molar-refractivity contribution in [3.05, 3.63) is 97.2 Å². The molecule has 0 aliphatic carbocycles. The number of hydrogen-bond acceptors (Lipinski definition) is 5. The fraction of sp³-hybridized carbons (Fsp3) is 0.719. The number of aliphatic hydroxyl groups excluding tert-OH is 1. The summed E-state index contributed by atoms with van der Waals surface area (Å²) >= 11 is 0.